The molecule has 3 rings (SSSR count). The lowest BCUT2D eigenvalue weighted by molar-refractivity contribution is 0.114. The topological polar surface area (TPSA) is 45.2 Å². The molecule has 1 aliphatic carbocycles. The van der Waals surface area contributed by atoms with Gasteiger partial charge in [0.2, 0.25) is 0 Å². The van der Waals surface area contributed by atoms with Gasteiger partial charge in [-0.1, -0.05) is 25.5 Å². The van der Waals surface area contributed by atoms with Gasteiger partial charge in [-0.3, -0.25) is 0 Å². The largest absolute Gasteiger partial charge is 0.396 e. The van der Waals surface area contributed by atoms with Gasteiger partial charge in [0.05, 0.1) is 15.2 Å². The molecule has 3 unspecified atom stereocenters. The summed E-state index contributed by atoms with van der Waals surface area (Å²) in [4.78, 5) is 4.71. The fourth-order valence-corrected chi connectivity index (χ4v) is 4.47. The van der Waals surface area contributed by atoms with Crippen LogP contribution < -0.4 is 5.32 Å². The van der Waals surface area contributed by atoms with Crippen molar-refractivity contribution in [2.24, 2.45) is 5.41 Å². The summed E-state index contributed by atoms with van der Waals surface area (Å²) in [6, 6.07) is 9.13. The second kappa shape index (κ2) is 6.03. The fourth-order valence-electron chi connectivity index (χ4n) is 3.38. The van der Waals surface area contributed by atoms with Crippen LogP contribution in [0, 0.1) is 5.41 Å². The van der Waals surface area contributed by atoms with Crippen molar-refractivity contribution in [3.63, 3.8) is 0 Å². The Morgan fingerprint density at radius 2 is 2.29 bits per heavy atom. The van der Waals surface area contributed by atoms with Gasteiger partial charge in [-0.15, -0.1) is 11.3 Å². The van der Waals surface area contributed by atoms with Crippen LogP contribution in [-0.4, -0.2) is 28.8 Å². The van der Waals surface area contributed by atoms with Gasteiger partial charge in [0.1, 0.15) is 0 Å². The first-order chi connectivity index (χ1) is 10.1. The van der Waals surface area contributed by atoms with Crippen molar-refractivity contribution in [1.82, 2.24) is 10.3 Å². The molecule has 2 aromatic rings. The number of para-hydroxylation sites is 1. The van der Waals surface area contributed by atoms with Gasteiger partial charge in [-0.05, 0) is 31.9 Å². The molecule has 1 saturated carbocycles. The summed E-state index contributed by atoms with van der Waals surface area (Å²) in [5, 5.41) is 14.6. The number of rotatable bonds is 5. The summed E-state index contributed by atoms with van der Waals surface area (Å²) in [7, 11) is 0. The van der Waals surface area contributed by atoms with Crippen LogP contribution >= 0.6 is 11.3 Å². The molecule has 0 spiro atoms. The Balaban J connectivity index is 1.65. The molecule has 0 amide bonds. The normalized spacial score (nSPS) is 27.3. The van der Waals surface area contributed by atoms with Crippen LogP contribution in [0.15, 0.2) is 24.3 Å². The molecular formula is C17H24N2OS. The molecule has 2 N–H and O–H groups in total. The molecule has 0 saturated heterocycles. The molecular weight excluding hydrogens is 280 g/mol. The van der Waals surface area contributed by atoms with Crippen molar-refractivity contribution in [1.29, 1.82) is 0 Å². The van der Waals surface area contributed by atoms with E-state index in [1.807, 2.05) is 6.07 Å². The minimum atomic E-state index is 0.0435. The Bertz CT molecular complexity index is 579. The quantitative estimate of drug-likeness (QED) is 0.890. The zero-order valence-electron chi connectivity index (χ0n) is 12.8. The molecule has 114 valence electrons. The van der Waals surface area contributed by atoms with Crippen LogP contribution in [0.1, 0.15) is 38.1 Å². The van der Waals surface area contributed by atoms with Crippen LogP contribution in [0.5, 0.6) is 0 Å². The molecule has 1 aromatic carbocycles. The summed E-state index contributed by atoms with van der Waals surface area (Å²) in [6.07, 6.45) is 4.45. The molecule has 21 heavy (non-hydrogen) atoms. The number of nitrogens with zero attached hydrogens (tertiary/aromatic N) is 1. The highest BCUT2D eigenvalue weighted by molar-refractivity contribution is 7.18. The van der Waals surface area contributed by atoms with E-state index in [1.165, 1.54) is 22.5 Å². The predicted molar refractivity (Wildman–Crippen MR) is 88.8 cm³/mol. The Kier molecular flexibility index (Phi) is 4.29. The van der Waals surface area contributed by atoms with E-state index in [0.717, 1.165) is 18.4 Å². The monoisotopic (exact) mass is 304 g/mol. The van der Waals surface area contributed by atoms with Crippen molar-refractivity contribution in [2.45, 2.75) is 51.6 Å². The zero-order chi connectivity index (χ0) is 14.9. The van der Waals surface area contributed by atoms with Crippen LogP contribution in [0.3, 0.4) is 0 Å². The minimum Gasteiger partial charge on any atom is -0.396 e. The second-order valence-electron chi connectivity index (χ2n) is 6.60. The van der Waals surface area contributed by atoms with Crippen LogP contribution in [0.25, 0.3) is 10.2 Å². The maximum Gasteiger partial charge on any atom is 0.0954 e. The standard InChI is InChI=1S/C17H24N2OS/c1-12(18-15-8-5-9-17(15,2)11-20)10-16-19-13-6-3-4-7-14(13)21-16/h3-4,6-7,12,15,18,20H,5,8-11H2,1-2H3. The maximum atomic E-state index is 9.64. The molecule has 1 heterocycles. The molecule has 1 fully saturated rings. The summed E-state index contributed by atoms with van der Waals surface area (Å²) >= 11 is 1.79. The highest BCUT2D eigenvalue weighted by Crippen LogP contribution is 2.37. The third-order valence-corrected chi connectivity index (χ3v) is 5.81. The van der Waals surface area contributed by atoms with E-state index in [2.05, 4.69) is 37.4 Å². The lowest BCUT2D eigenvalue weighted by Crippen LogP contribution is -2.46. The van der Waals surface area contributed by atoms with Gasteiger partial charge in [-0.2, -0.15) is 0 Å². The number of aliphatic hydroxyl groups is 1. The van der Waals surface area contributed by atoms with Gasteiger partial charge >= 0.3 is 0 Å². The molecule has 4 heteroatoms. The van der Waals surface area contributed by atoms with E-state index in [1.54, 1.807) is 11.3 Å². The SMILES string of the molecule is CC(Cc1nc2ccccc2s1)NC1CCCC1(C)CO. The number of hydrogen-bond donors (Lipinski definition) is 2. The van der Waals surface area contributed by atoms with Gasteiger partial charge < -0.3 is 10.4 Å². The number of benzene rings is 1. The summed E-state index contributed by atoms with van der Waals surface area (Å²) in [5.41, 5.74) is 1.15. The molecule has 3 atom stereocenters. The van der Waals surface area contributed by atoms with Crippen molar-refractivity contribution < 1.29 is 5.11 Å². The summed E-state index contributed by atoms with van der Waals surface area (Å²) in [6.45, 7) is 4.70. The van der Waals surface area contributed by atoms with Gasteiger partial charge in [0.15, 0.2) is 0 Å². The van der Waals surface area contributed by atoms with E-state index in [-0.39, 0.29) is 12.0 Å². The minimum absolute atomic E-state index is 0.0435. The van der Waals surface area contributed by atoms with E-state index >= 15 is 0 Å². The number of aliphatic hydroxyl groups excluding tert-OH is 1. The fraction of sp³-hybridized carbons (Fsp3) is 0.588. The zero-order valence-corrected chi connectivity index (χ0v) is 13.6. The Morgan fingerprint density at radius 1 is 1.48 bits per heavy atom. The Hall–Kier alpha value is -0.970. The summed E-state index contributed by atoms with van der Waals surface area (Å²) < 4.78 is 1.26. The Morgan fingerprint density at radius 3 is 3.05 bits per heavy atom. The number of fused-ring (bicyclic) bond motifs is 1. The highest BCUT2D eigenvalue weighted by Gasteiger charge is 2.38. The number of aromatic nitrogens is 1. The highest BCUT2D eigenvalue weighted by atomic mass is 32.1. The van der Waals surface area contributed by atoms with Gasteiger partial charge in [-0.25, -0.2) is 4.98 Å². The summed E-state index contributed by atoms with van der Waals surface area (Å²) in [5.74, 6) is 0. The van der Waals surface area contributed by atoms with Crippen molar-refractivity contribution >= 4 is 21.6 Å². The van der Waals surface area contributed by atoms with Crippen molar-refractivity contribution in [2.75, 3.05) is 6.61 Å². The number of nitrogens with one attached hydrogen (secondary N) is 1. The van der Waals surface area contributed by atoms with Gasteiger partial charge in [0.25, 0.3) is 0 Å². The van der Waals surface area contributed by atoms with E-state index in [9.17, 15) is 5.11 Å². The third kappa shape index (κ3) is 3.12. The lowest BCUT2D eigenvalue weighted by Gasteiger charge is -2.32. The molecule has 0 radical (unpaired) electrons. The van der Waals surface area contributed by atoms with Crippen LogP contribution in [0.2, 0.25) is 0 Å². The van der Waals surface area contributed by atoms with E-state index < -0.39 is 0 Å². The molecule has 0 aliphatic heterocycles. The molecule has 0 bridgehead atoms. The molecule has 3 nitrogen and oxygen atoms in total. The second-order valence-corrected chi connectivity index (χ2v) is 7.72. The van der Waals surface area contributed by atoms with E-state index in [0.29, 0.717) is 12.1 Å². The first kappa shape index (κ1) is 14.9. The maximum absolute atomic E-state index is 9.64. The molecule has 1 aromatic heterocycles. The first-order valence-electron chi connectivity index (χ1n) is 7.82. The smallest absolute Gasteiger partial charge is 0.0954 e. The van der Waals surface area contributed by atoms with Crippen molar-refractivity contribution in [3.05, 3.63) is 29.3 Å². The average molecular weight is 304 g/mol. The van der Waals surface area contributed by atoms with Crippen LogP contribution in [0.4, 0.5) is 0 Å². The van der Waals surface area contributed by atoms with E-state index in [4.69, 9.17) is 4.98 Å². The first-order valence-corrected chi connectivity index (χ1v) is 8.64. The van der Waals surface area contributed by atoms with Gasteiger partial charge in [0, 0.05) is 30.5 Å². The average Bonchev–Trinajstić information content (AvgIpc) is 3.03. The number of thiazole rings is 1. The number of hydrogen-bond acceptors (Lipinski definition) is 4. The lowest BCUT2D eigenvalue weighted by atomic mass is 9.85. The van der Waals surface area contributed by atoms with Crippen LogP contribution in [-0.2, 0) is 6.42 Å². The van der Waals surface area contributed by atoms with Crippen molar-refractivity contribution in [3.8, 4) is 0 Å². The molecule has 1 aliphatic rings. The third-order valence-electron chi connectivity index (χ3n) is 4.75. The Labute approximate surface area is 130 Å². The predicted octanol–water partition coefficient (Wildman–Crippen LogP) is 3.37.